The van der Waals surface area contributed by atoms with Gasteiger partial charge < -0.3 is 9.72 Å². The normalized spacial score (nSPS) is 11.4. The number of hydrogen-bond donors (Lipinski definition) is 1. The summed E-state index contributed by atoms with van der Waals surface area (Å²) in [4.78, 5) is 21.3. The fourth-order valence-corrected chi connectivity index (χ4v) is 2.95. The average molecular weight is 393 g/mol. The van der Waals surface area contributed by atoms with E-state index >= 15 is 0 Å². The third-order valence-electron chi connectivity index (χ3n) is 3.42. The van der Waals surface area contributed by atoms with Crippen molar-refractivity contribution >= 4 is 11.8 Å². The van der Waals surface area contributed by atoms with Gasteiger partial charge >= 0.3 is 6.18 Å². The second kappa shape index (κ2) is 8.26. The molecule has 0 saturated carbocycles. The molecule has 0 aliphatic rings. The van der Waals surface area contributed by atoms with Gasteiger partial charge in [-0.25, -0.2) is 4.98 Å². The molecule has 0 amide bonds. The van der Waals surface area contributed by atoms with Crippen LogP contribution in [0.1, 0.15) is 17.0 Å². The van der Waals surface area contributed by atoms with Gasteiger partial charge in [0.25, 0.3) is 5.56 Å². The number of hydrogen-bond acceptors (Lipinski definition) is 5. The first-order chi connectivity index (χ1) is 12.9. The van der Waals surface area contributed by atoms with Gasteiger partial charge in [0, 0.05) is 18.0 Å². The van der Waals surface area contributed by atoms with Crippen molar-refractivity contribution in [3.05, 3.63) is 82.0 Å². The lowest BCUT2D eigenvalue weighted by molar-refractivity contribution is -0.141. The minimum absolute atomic E-state index is 0.0784. The highest BCUT2D eigenvalue weighted by Crippen LogP contribution is 2.28. The van der Waals surface area contributed by atoms with Crippen LogP contribution in [0.5, 0.6) is 5.75 Å². The average Bonchev–Trinajstić information content (AvgIpc) is 2.65. The van der Waals surface area contributed by atoms with Crippen molar-refractivity contribution in [2.75, 3.05) is 0 Å². The van der Waals surface area contributed by atoms with E-state index < -0.39 is 17.4 Å². The van der Waals surface area contributed by atoms with Crippen LogP contribution in [0.2, 0.25) is 0 Å². The lowest BCUT2D eigenvalue weighted by Gasteiger charge is -2.08. The van der Waals surface area contributed by atoms with E-state index in [1.54, 1.807) is 30.5 Å². The standard InChI is InChI=1S/C18H14F3N3O2S/c19-18(20,21)15-9-16(25)24-17(23-15)27-11-12-4-6-14(7-5-12)26-10-13-3-1-2-8-22-13/h1-9H,10-11H2,(H,23,24,25). The molecule has 0 saturated heterocycles. The zero-order valence-corrected chi connectivity index (χ0v) is 14.7. The molecule has 3 rings (SSSR count). The van der Waals surface area contributed by atoms with Crippen LogP contribution in [0.25, 0.3) is 0 Å². The smallest absolute Gasteiger partial charge is 0.433 e. The second-order valence-corrected chi connectivity index (χ2v) is 6.44. The summed E-state index contributed by atoms with van der Waals surface area (Å²) in [6, 6.07) is 13.1. The van der Waals surface area contributed by atoms with Gasteiger partial charge in [0.15, 0.2) is 10.9 Å². The second-order valence-electron chi connectivity index (χ2n) is 5.48. The molecule has 0 atom stereocenters. The van der Waals surface area contributed by atoms with Crippen LogP contribution < -0.4 is 10.3 Å². The Hall–Kier alpha value is -2.81. The predicted molar refractivity (Wildman–Crippen MR) is 94.4 cm³/mol. The number of aromatic amines is 1. The first-order valence-electron chi connectivity index (χ1n) is 7.83. The predicted octanol–water partition coefficient (Wildman–Crippen LogP) is 4.06. The molecular formula is C18H14F3N3O2S. The maximum absolute atomic E-state index is 12.7. The summed E-state index contributed by atoms with van der Waals surface area (Å²) >= 11 is 1.02. The Labute approximate surface area is 156 Å². The molecule has 5 nitrogen and oxygen atoms in total. The molecule has 0 aliphatic carbocycles. The number of halogens is 3. The fraction of sp³-hybridized carbons (Fsp3) is 0.167. The van der Waals surface area contributed by atoms with Crippen molar-refractivity contribution in [3.8, 4) is 5.75 Å². The number of nitrogens with zero attached hydrogens (tertiary/aromatic N) is 2. The molecule has 0 radical (unpaired) electrons. The molecule has 2 aromatic heterocycles. The van der Waals surface area contributed by atoms with Gasteiger partial charge in [-0.2, -0.15) is 13.2 Å². The van der Waals surface area contributed by atoms with Gasteiger partial charge in [-0.15, -0.1) is 0 Å². The molecule has 27 heavy (non-hydrogen) atoms. The number of benzene rings is 1. The van der Waals surface area contributed by atoms with Crippen LogP contribution >= 0.6 is 11.8 Å². The van der Waals surface area contributed by atoms with Crippen molar-refractivity contribution in [1.29, 1.82) is 0 Å². The highest BCUT2D eigenvalue weighted by molar-refractivity contribution is 7.98. The van der Waals surface area contributed by atoms with Gasteiger partial charge in [-0.1, -0.05) is 30.0 Å². The topological polar surface area (TPSA) is 67.9 Å². The van der Waals surface area contributed by atoms with E-state index in [2.05, 4.69) is 15.0 Å². The van der Waals surface area contributed by atoms with Crippen LogP contribution in [0.15, 0.2) is 64.7 Å². The first-order valence-corrected chi connectivity index (χ1v) is 8.82. The summed E-state index contributed by atoms with van der Waals surface area (Å²) in [5.74, 6) is 1.00. The summed E-state index contributed by atoms with van der Waals surface area (Å²) in [6.07, 6.45) is -2.97. The quantitative estimate of drug-likeness (QED) is 0.505. The molecule has 0 spiro atoms. The van der Waals surface area contributed by atoms with Crippen molar-refractivity contribution in [2.24, 2.45) is 0 Å². The monoisotopic (exact) mass is 393 g/mol. The van der Waals surface area contributed by atoms with E-state index in [9.17, 15) is 18.0 Å². The lowest BCUT2D eigenvalue weighted by Crippen LogP contribution is -2.16. The van der Waals surface area contributed by atoms with Gasteiger partial charge in [0.2, 0.25) is 0 Å². The molecule has 1 N–H and O–H groups in total. The summed E-state index contributed by atoms with van der Waals surface area (Å²) in [5.41, 5.74) is -0.382. The summed E-state index contributed by atoms with van der Waals surface area (Å²) in [5, 5.41) is -0.0784. The Balaban J connectivity index is 1.59. The molecular weight excluding hydrogens is 379 g/mol. The van der Waals surface area contributed by atoms with Crippen LogP contribution in [0.3, 0.4) is 0 Å². The maximum atomic E-state index is 12.7. The SMILES string of the molecule is O=c1cc(C(F)(F)F)nc(SCc2ccc(OCc3ccccn3)cc2)[nH]1. The number of alkyl halides is 3. The fourth-order valence-electron chi connectivity index (χ4n) is 2.12. The Morgan fingerprint density at radius 2 is 1.89 bits per heavy atom. The summed E-state index contributed by atoms with van der Waals surface area (Å²) in [7, 11) is 0. The molecule has 1 aromatic carbocycles. The first kappa shape index (κ1) is 19.0. The number of nitrogens with one attached hydrogen (secondary N) is 1. The lowest BCUT2D eigenvalue weighted by atomic mass is 10.2. The largest absolute Gasteiger partial charge is 0.487 e. The number of H-pyrrole nitrogens is 1. The molecule has 3 aromatic rings. The Morgan fingerprint density at radius 3 is 2.56 bits per heavy atom. The van der Waals surface area contributed by atoms with Crippen molar-refractivity contribution in [2.45, 2.75) is 23.7 Å². The number of pyridine rings is 1. The van der Waals surface area contributed by atoms with E-state index in [1.807, 2.05) is 18.2 Å². The van der Waals surface area contributed by atoms with E-state index in [0.717, 1.165) is 23.0 Å². The molecule has 0 fully saturated rings. The third-order valence-corrected chi connectivity index (χ3v) is 4.37. The molecule has 0 aliphatic heterocycles. The minimum Gasteiger partial charge on any atom is -0.487 e. The Kier molecular flexibility index (Phi) is 5.80. The zero-order chi connectivity index (χ0) is 19.3. The summed E-state index contributed by atoms with van der Waals surface area (Å²) < 4.78 is 43.7. The van der Waals surface area contributed by atoms with E-state index in [4.69, 9.17) is 4.74 Å². The van der Waals surface area contributed by atoms with Crippen LogP contribution in [-0.4, -0.2) is 15.0 Å². The van der Waals surface area contributed by atoms with Gasteiger partial charge in [-0.3, -0.25) is 9.78 Å². The molecule has 2 heterocycles. The van der Waals surface area contributed by atoms with Gasteiger partial charge in [0.1, 0.15) is 12.4 Å². The van der Waals surface area contributed by atoms with E-state index in [0.29, 0.717) is 24.2 Å². The summed E-state index contributed by atoms with van der Waals surface area (Å²) in [6.45, 7) is 0.338. The highest BCUT2D eigenvalue weighted by Gasteiger charge is 2.33. The number of thioether (sulfide) groups is 1. The number of ether oxygens (including phenoxy) is 1. The molecule has 0 bridgehead atoms. The Morgan fingerprint density at radius 1 is 1.11 bits per heavy atom. The Bertz CT molecular complexity index is 945. The number of rotatable bonds is 6. The zero-order valence-electron chi connectivity index (χ0n) is 13.9. The maximum Gasteiger partial charge on any atom is 0.433 e. The molecule has 0 unspecified atom stereocenters. The van der Waals surface area contributed by atoms with Crippen molar-refractivity contribution in [1.82, 2.24) is 15.0 Å². The third kappa shape index (κ3) is 5.58. The van der Waals surface area contributed by atoms with E-state index in [1.165, 1.54) is 0 Å². The van der Waals surface area contributed by atoms with Crippen molar-refractivity contribution in [3.63, 3.8) is 0 Å². The number of aromatic nitrogens is 3. The van der Waals surface area contributed by atoms with Crippen LogP contribution in [0, 0.1) is 0 Å². The van der Waals surface area contributed by atoms with Crippen LogP contribution in [0.4, 0.5) is 13.2 Å². The highest BCUT2D eigenvalue weighted by atomic mass is 32.2. The van der Waals surface area contributed by atoms with Gasteiger partial charge in [0.05, 0.1) is 5.69 Å². The van der Waals surface area contributed by atoms with E-state index in [-0.39, 0.29) is 5.16 Å². The van der Waals surface area contributed by atoms with Gasteiger partial charge in [-0.05, 0) is 29.8 Å². The van der Waals surface area contributed by atoms with Crippen molar-refractivity contribution < 1.29 is 17.9 Å². The molecule has 140 valence electrons. The molecule has 9 heteroatoms. The van der Waals surface area contributed by atoms with Crippen LogP contribution in [-0.2, 0) is 18.5 Å². The minimum atomic E-state index is -4.66.